The van der Waals surface area contributed by atoms with E-state index < -0.39 is 0 Å². The van der Waals surface area contributed by atoms with Crippen molar-refractivity contribution >= 4 is 32.6 Å². The molecule has 2 aromatic heterocycles. The Morgan fingerprint density at radius 1 is 1.07 bits per heavy atom. The summed E-state index contributed by atoms with van der Waals surface area (Å²) in [7, 11) is 5.08. The minimum Gasteiger partial charge on any atom is -0.495 e. The highest BCUT2D eigenvalue weighted by Crippen LogP contribution is 2.40. The summed E-state index contributed by atoms with van der Waals surface area (Å²) in [4.78, 5) is 21.5. The zero-order valence-electron chi connectivity index (χ0n) is 15.5. The summed E-state index contributed by atoms with van der Waals surface area (Å²) in [5.74, 6) is 1.54. The number of hydrogen-bond donors (Lipinski definition) is 0. The summed E-state index contributed by atoms with van der Waals surface area (Å²) in [6.07, 6.45) is 1.64. The zero-order chi connectivity index (χ0) is 19.0. The first-order valence-electron chi connectivity index (χ1n) is 8.66. The van der Waals surface area contributed by atoms with E-state index >= 15 is 0 Å². The van der Waals surface area contributed by atoms with E-state index in [0.717, 1.165) is 39.9 Å². The molecule has 0 saturated carbocycles. The van der Waals surface area contributed by atoms with Crippen LogP contribution in [-0.4, -0.2) is 66.0 Å². The van der Waals surface area contributed by atoms with Gasteiger partial charge in [0.1, 0.15) is 27.4 Å². The molecular formula is C18H21N5O3S. The average molecular weight is 387 g/mol. The van der Waals surface area contributed by atoms with Crippen molar-refractivity contribution in [3.8, 4) is 11.5 Å². The Bertz CT molecular complexity index is 934. The number of methoxy groups -OCH3 is 2. The third-order valence-electron chi connectivity index (χ3n) is 4.78. The van der Waals surface area contributed by atoms with E-state index in [1.165, 1.54) is 0 Å². The second-order valence-corrected chi connectivity index (χ2v) is 7.24. The molecule has 0 radical (unpaired) electrons. The lowest BCUT2D eigenvalue weighted by atomic mass is 10.3. The van der Waals surface area contributed by atoms with E-state index in [1.807, 2.05) is 17.0 Å². The standard InChI is InChI=1S/C18H21N5O3S/c1-21-12(6-7-19-21)17(24)22-8-10-23(11-9-22)18-20-15-13(25-2)4-5-14(26-3)16(15)27-18/h4-7H,8-11H2,1-3H3. The van der Waals surface area contributed by atoms with Crippen LogP contribution in [0.1, 0.15) is 10.5 Å². The van der Waals surface area contributed by atoms with Gasteiger partial charge in [-0.05, 0) is 18.2 Å². The average Bonchev–Trinajstić information content (AvgIpc) is 3.33. The molecule has 1 saturated heterocycles. The molecule has 1 aliphatic heterocycles. The molecule has 0 bridgehead atoms. The Morgan fingerprint density at radius 3 is 2.41 bits per heavy atom. The summed E-state index contributed by atoms with van der Waals surface area (Å²) in [6.45, 7) is 2.75. The lowest BCUT2D eigenvalue weighted by molar-refractivity contribution is 0.0735. The van der Waals surface area contributed by atoms with Crippen LogP contribution in [0.25, 0.3) is 10.2 Å². The Balaban J connectivity index is 1.53. The first kappa shape index (κ1) is 17.6. The van der Waals surface area contributed by atoms with Crippen molar-refractivity contribution < 1.29 is 14.3 Å². The van der Waals surface area contributed by atoms with Crippen LogP contribution in [0.3, 0.4) is 0 Å². The lowest BCUT2D eigenvalue weighted by Gasteiger charge is -2.34. The number of rotatable bonds is 4. The van der Waals surface area contributed by atoms with Crippen LogP contribution in [0.2, 0.25) is 0 Å². The highest BCUT2D eigenvalue weighted by molar-refractivity contribution is 7.22. The fourth-order valence-corrected chi connectivity index (χ4v) is 4.38. The van der Waals surface area contributed by atoms with Crippen molar-refractivity contribution in [2.45, 2.75) is 0 Å². The number of nitrogens with zero attached hydrogens (tertiary/aromatic N) is 5. The number of carbonyl (C=O) groups is 1. The maximum absolute atomic E-state index is 12.6. The fourth-order valence-electron chi connectivity index (χ4n) is 3.26. The molecule has 1 aromatic carbocycles. The van der Waals surface area contributed by atoms with Crippen molar-refractivity contribution in [1.29, 1.82) is 0 Å². The minimum absolute atomic E-state index is 0.0160. The molecule has 0 unspecified atom stereocenters. The second-order valence-electron chi connectivity index (χ2n) is 6.26. The predicted octanol–water partition coefficient (Wildman–Crippen LogP) is 2.01. The van der Waals surface area contributed by atoms with Gasteiger partial charge < -0.3 is 19.3 Å². The number of piperazine rings is 1. The maximum Gasteiger partial charge on any atom is 0.272 e. The zero-order valence-corrected chi connectivity index (χ0v) is 16.3. The van der Waals surface area contributed by atoms with Gasteiger partial charge in [-0.3, -0.25) is 9.48 Å². The van der Waals surface area contributed by atoms with Gasteiger partial charge >= 0.3 is 0 Å². The highest BCUT2D eigenvalue weighted by Gasteiger charge is 2.26. The number of hydrogen-bond acceptors (Lipinski definition) is 7. The molecule has 1 aliphatic rings. The molecule has 8 nitrogen and oxygen atoms in total. The van der Waals surface area contributed by atoms with Gasteiger partial charge in [0.25, 0.3) is 5.91 Å². The molecule has 0 atom stereocenters. The molecule has 27 heavy (non-hydrogen) atoms. The van der Waals surface area contributed by atoms with E-state index in [9.17, 15) is 4.79 Å². The third-order valence-corrected chi connectivity index (χ3v) is 5.91. The highest BCUT2D eigenvalue weighted by atomic mass is 32.1. The molecule has 3 heterocycles. The molecule has 3 aromatic rings. The quantitative estimate of drug-likeness (QED) is 0.682. The monoisotopic (exact) mass is 387 g/mol. The molecular weight excluding hydrogens is 366 g/mol. The lowest BCUT2D eigenvalue weighted by Crippen LogP contribution is -2.49. The number of carbonyl (C=O) groups excluding carboxylic acids is 1. The van der Waals surface area contributed by atoms with Crippen molar-refractivity contribution in [1.82, 2.24) is 19.7 Å². The van der Waals surface area contributed by atoms with Gasteiger partial charge in [0.15, 0.2) is 5.13 Å². The molecule has 1 amide bonds. The Labute approximate surface area is 160 Å². The number of benzene rings is 1. The Kier molecular flexibility index (Phi) is 4.61. The molecule has 9 heteroatoms. The smallest absolute Gasteiger partial charge is 0.272 e. The predicted molar refractivity (Wildman–Crippen MR) is 104 cm³/mol. The van der Waals surface area contributed by atoms with E-state index in [2.05, 4.69) is 10.00 Å². The summed E-state index contributed by atoms with van der Waals surface area (Å²) < 4.78 is 13.5. The second kappa shape index (κ2) is 7.07. The molecule has 0 N–H and O–H groups in total. The van der Waals surface area contributed by atoms with Gasteiger partial charge in [0, 0.05) is 39.4 Å². The van der Waals surface area contributed by atoms with Crippen molar-refractivity contribution in [2.75, 3.05) is 45.3 Å². The SMILES string of the molecule is COc1ccc(OC)c2sc(N3CCN(C(=O)c4ccnn4C)CC3)nc12. The topological polar surface area (TPSA) is 72.7 Å². The van der Waals surface area contributed by atoms with Gasteiger partial charge in [-0.15, -0.1) is 0 Å². The number of anilines is 1. The Hall–Kier alpha value is -2.81. The van der Waals surface area contributed by atoms with Gasteiger partial charge in [0.05, 0.1) is 14.2 Å². The summed E-state index contributed by atoms with van der Waals surface area (Å²) in [5, 5.41) is 5.00. The van der Waals surface area contributed by atoms with Gasteiger partial charge in [0.2, 0.25) is 0 Å². The van der Waals surface area contributed by atoms with E-state index in [0.29, 0.717) is 18.8 Å². The largest absolute Gasteiger partial charge is 0.495 e. The number of aryl methyl sites for hydroxylation is 1. The first-order chi connectivity index (χ1) is 13.1. The van der Waals surface area contributed by atoms with E-state index in [1.54, 1.807) is 49.5 Å². The third kappa shape index (κ3) is 3.08. The number of thiazole rings is 1. The van der Waals surface area contributed by atoms with Crippen LogP contribution in [-0.2, 0) is 7.05 Å². The molecule has 4 rings (SSSR count). The molecule has 142 valence electrons. The van der Waals surface area contributed by atoms with Crippen LogP contribution in [0.4, 0.5) is 5.13 Å². The fraction of sp³-hybridized carbons (Fsp3) is 0.389. The van der Waals surface area contributed by atoms with Crippen molar-refractivity contribution in [2.24, 2.45) is 7.05 Å². The van der Waals surface area contributed by atoms with Gasteiger partial charge in [-0.1, -0.05) is 11.3 Å². The summed E-state index contributed by atoms with van der Waals surface area (Å²) >= 11 is 1.59. The van der Waals surface area contributed by atoms with Crippen LogP contribution in [0.15, 0.2) is 24.4 Å². The number of fused-ring (bicyclic) bond motifs is 1. The number of aromatic nitrogens is 3. The summed E-state index contributed by atoms with van der Waals surface area (Å²) in [5.41, 5.74) is 1.42. The summed E-state index contributed by atoms with van der Waals surface area (Å²) in [6, 6.07) is 5.52. The molecule has 0 spiro atoms. The van der Waals surface area contributed by atoms with Crippen molar-refractivity contribution in [3.63, 3.8) is 0 Å². The number of amides is 1. The van der Waals surface area contributed by atoms with Crippen molar-refractivity contribution in [3.05, 3.63) is 30.1 Å². The molecule has 0 aliphatic carbocycles. The Morgan fingerprint density at radius 2 is 1.78 bits per heavy atom. The van der Waals surface area contributed by atoms with Crippen LogP contribution in [0.5, 0.6) is 11.5 Å². The van der Waals surface area contributed by atoms with Crippen LogP contribution in [0, 0.1) is 0 Å². The van der Waals surface area contributed by atoms with Gasteiger partial charge in [-0.2, -0.15) is 5.10 Å². The number of ether oxygens (including phenoxy) is 2. The van der Waals surface area contributed by atoms with E-state index in [4.69, 9.17) is 14.5 Å². The van der Waals surface area contributed by atoms with E-state index in [-0.39, 0.29) is 5.91 Å². The maximum atomic E-state index is 12.6. The van der Waals surface area contributed by atoms with Crippen LogP contribution >= 0.6 is 11.3 Å². The molecule has 1 fully saturated rings. The normalized spacial score (nSPS) is 14.6. The minimum atomic E-state index is 0.0160. The van der Waals surface area contributed by atoms with Gasteiger partial charge in [-0.25, -0.2) is 4.98 Å². The van der Waals surface area contributed by atoms with Crippen LogP contribution < -0.4 is 14.4 Å². The first-order valence-corrected chi connectivity index (χ1v) is 9.47.